The summed E-state index contributed by atoms with van der Waals surface area (Å²) in [5.41, 5.74) is 2.22. The second-order valence-electron chi connectivity index (χ2n) is 9.05. The lowest BCUT2D eigenvalue weighted by molar-refractivity contribution is -0.192. The topological polar surface area (TPSA) is 113 Å². The van der Waals surface area contributed by atoms with Gasteiger partial charge in [-0.25, -0.2) is 13.2 Å². The Bertz CT molecular complexity index is 1170. The molecule has 196 valence electrons. The fraction of sp³-hybridized carbons (Fsp3) is 0.440. The van der Waals surface area contributed by atoms with Crippen molar-refractivity contribution in [3.8, 4) is 0 Å². The lowest BCUT2D eigenvalue weighted by Gasteiger charge is -2.22. The van der Waals surface area contributed by atoms with Crippen molar-refractivity contribution in [1.29, 1.82) is 0 Å². The SMILES string of the molecule is CNC(=O)C1(c2ccc(NS(=O)(=O)c3ccc(C4CCCCC4)cc3)cc2)CC1.O=C(O)C(F)(F)F. The van der Waals surface area contributed by atoms with E-state index < -0.39 is 27.6 Å². The molecule has 0 spiro atoms. The van der Waals surface area contributed by atoms with Crippen molar-refractivity contribution < 1.29 is 36.3 Å². The zero-order valence-corrected chi connectivity index (χ0v) is 20.6. The van der Waals surface area contributed by atoms with Gasteiger partial charge in [0, 0.05) is 12.7 Å². The lowest BCUT2D eigenvalue weighted by atomic mass is 9.84. The number of benzene rings is 2. The Morgan fingerprint density at radius 2 is 1.47 bits per heavy atom. The second-order valence-corrected chi connectivity index (χ2v) is 10.7. The van der Waals surface area contributed by atoms with Crippen molar-refractivity contribution in [2.24, 2.45) is 0 Å². The monoisotopic (exact) mass is 526 g/mol. The van der Waals surface area contributed by atoms with Gasteiger partial charge in [0.05, 0.1) is 10.3 Å². The number of carboxylic acid groups (broad SMARTS) is 1. The van der Waals surface area contributed by atoms with E-state index >= 15 is 0 Å². The molecule has 0 bridgehead atoms. The van der Waals surface area contributed by atoms with E-state index in [0.29, 0.717) is 11.6 Å². The Morgan fingerprint density at radius 3 is 1.92 bits per heavy atom. The molecule has 2 aromatic carbocycles. The minimum Gasteiger partial charge on any atom is -0.475 e. The lowest BCUT2D eigenvalue weighted by Crippen LogP contribution is -2.31. The molecule has 2 aromatic rings. The summed E-state index contributed by atoms with van der Waals surface area (Å²) in [6, 6.07) is 14.4. The number of carboxylic acids is 1. The molecule has 0 aromatic heterocycles. The zero-order chi connectivity index (χ0) is 26.6. The van der Waals surface area contributed by atoms with Crippen LogP contribution < -0.4 is 10.0 Å². The van der Waals surface area contributed by atoms with Gasteiger partial charge in [-0.2, -0.15) is 13.2 Å². The predicted molar refractivity (Wildman–Crippen MR) is 128 cm³/mol. The molecule has 0 aliphatic heterocycles. The van der Waals surface area contributed by atoms with Gasteiger partial charge < -0.3 is 10.4 Å². The van der Waals surface area contributed by atoms with E-state index in [9.17, 15) is 26.4 Å². The van der Waals surface area contributed by atoms with Crippen molar-refractivity contribution >= 4 is 27.6 Å². The zero-order valence-electron chi connectivity index (χ0n) is 19.8. The van der Waals surface area contributed by atoms with E-state index in [4.69, 9.17) is 9.90 Å². The summed E-state index contributed by atoms with van der Waals surface area (Å²) in [6.45, 7) is 0. The van der Waals surface area contributed by atoms with Crippen molar-refractivity contribution in [3.05, 3.63) is 59.7 Å². The number of alkyl halides is 3. The summed E-state index contributed by atoms with van der Waals surface area (Å²) in [6.07, 6.45) is 2.75. The molecular weight excluding hydrogens is 497 g/mol. The summed E-state index contributed by atoms with van der Waals surface area (Å²) < 4.78 is 59.9. The van der Waals surface area contributed by atoms with Crippen molar-refractivity contribution in [1.82, 2.24) is 5.32 Å². The highest BCUT2D eigenvalue weighted by Crippen LogP contribution is 2.48. The van der Waals surface area contributed by atoms with Gasteiger partial charge in [0.2, 0.25) is 5.91 Å². The predicted octanol–water partition coefficient (Wildman–Crippen LogP) is 4.95. The van der Waals surface area contributed by atoms with E-state index in [2.05, 4.69) is 10.0 Å². The Kier molecular flexibility index (Phi) is 8.33. The number of nitrogens with one attached hydrogen (secondary N) is 2. The van der Waals surface area contributed by atoms with Gasteiger partial charge in [-0.05, 0) is 67.0 Å². The maximum absolute atomic E-state index is 12.8. The Morgan fingerprint density at radius 1 is 0.944 bits per heavy atom. The van der Waals surface area contributed by atoms with Crippen LogP contribution in [0.4, 0.5) is 18.9 Å². The van der Waals surface area contributed by atoms with Crippen molar-refractivity contribution in [3.63, 3.8) is 0 Å². The third-order valence-corrected chi connectivity index (χ3v) is 8.01. The van der Waals surface area contributed by atoms with Crippen LogP contribution in [0, 0.1) is 0 Å². The van der Waals surface area contributed by atoms with Gasteiger partial charge in [0.15, 0.2) is 0 Å². The first-order valence-corrected chi connectivity index (χ1v) is 13.1. The maximum atomic E-state index is 12.8. The third-order valence-electron chi connectivity index (χ3n) is 6.61. The van der Waals surface area contributed by atoms with Gasteiger partial charge >= 0.3 is 12.1 Å². The van der Waals surface area contributed by atoms with E-state index in [0.717, 1.165) is 18.4 Å². The van der Waals surface area contributed by atoms with Gasteiger partial charge in [-0.3, -0.25) is 9.52 Å². The molecule has 3 N–H and O–H groups in total. The van der Waals surface area contributed by atoms with Gasteiger partial charge in [-0.1, -0.05) is 43.5 Å². The molecule has 2 aliphatic carbocycles. The number of aliphatic carboxylic acids is 1. The summed E-state index contributed by atoms with van der Waals surface area (Å²) in [7, 11) is -2.00. The van der Waals surface area contributed by atoms with Crippen LogP contribution in [0.25, 0.3) is 0 Å². The Hall–Kier alpha value is -3.08. The third kappa shape index (κ3) is 6.57. The van der Waals surface area contributed by atoms with Gasteiger partial charge in [0.1, 0.15) is 0 Å². The maximum Gasteiger partial charge on any atom is 0.490 e. The van der Waals surface area contributed by atoms with Gasteiger partial charge in [0.25, 0.3) is 10.0 Å². The normalized spacial score (nSPS) is 17.3. The van der Waals surface area contributed by atoms with Crippen LogP contribution in [0.3, 0.4) is 0 Å². The van der Waals surface area contributed by atoms with Crippen molar-refractivity contribution in [2.45, 2.75) is 67.4 Å². The van der Waals surface area contributed by atoms with Crippen molar-refractivity contribution in [2.75, 3.05) is 11.8 Å². The number of hydrogen-bond donors (Lipinski definition) is 3. The minimum atomic E-state index is -5.08. The van der Waals surface area contributed by atoms with Crippen LogP contribution in [-0.4, -0.2) is 38.6 Å². The number of sulfonamides is 1. The Balaban J connectivity index is 0.000000454. The molecule has 36 heavy (non-hydrogen) atoms. The number of rotatable bonds is 6. The first-order chi connectivity index (χ1) is 16.9. The summed E-state index contributed by atoms with van der Waals surface area (Å²) >= 11 is 0. The van der Waals surface area contributed by atoms with E-state index in [1.54, 1.807) is 31.3 Å². The molecule has 2 saturated carbocycles. The number of amides is 1. The van der Waals surface area contributed by atoms with Crippen LogP contribution in [0.5, 0.6) is 0 Å². The Labute approximate surface area is 208 Å². The number of carbonyl (C=O) groups is 2. The van der Waals surface area contributed by atoms with Crippen LogP contribution in [-0.2, 0) is 25.0 Å². The minimum absolute atomic E-state index is 0.0175. The standard InChI is InChI=1S/C23H28N2O3S.C2HF3O2/c1-24-22(26)23(15-16-23)19-9-11-20(12-10-19)25-29(27,28)21-13-7-18(8-14-21)17-5-3-2-4-6-17;3-2(4,5)1(6)7/h7-14,17,25H,2-6,15-16H2,1H3,(H,24,26);(H,6,7). The van der Waals surface area contributed by atoms with Gasteiger partial charge in [-0.15, -0.1) is 0 Å². The fourth-order valence-corrected chi connectivity index (χ4v) is 5.50. The van der Waals surface area contributed by atoms with Crippen LogP contribution in [0.2, 0.25) is 0 Å². The largest absolute Gasteiger partial charge is 0.490 e. The average molecular weight is 527 g/mol. The molecular formula is C25H29F3N2O5S. The fourth-order valence-electron chi connectivity index (χ4n) is 4.44. The number of likely N-dealkylation sites (N-methyl/N-ethyl adjacent to an activating group) is 1. The summed E-state index contributed by atoms with van der Waals surface area (Å²) in [5, 5.41) is 9.84. The number of carbonyl (C=O) groups excluding carboxylic acids is 1. The molecule has 7 nitrogen and oxygen atoms in total. The van der Waals surface area contributed by atoms with Crippen LogP contribution in [0.1, 0.15) is 62.0 Å². The molecule has 2 fully saturated rings. The number of hydrogen-bond acceptors (Lipinski definition) is 4. The molecule has 0 saturated heterocycles. The molecule has 0 heterocycles. The summed E-state index contributed by atoms with van der Waals surface area (Å²) in [4.78, 5) is 21.3. The first-order valence-electron chi connectivity index (χ1n) is 11.6. The highest BCUT2D eigenvalue weighted by Gasteiger charge is 2.50. The number of halogens is 3. The molecule has 0 radical (unpaired) electrons. The van der Waals surface area contributed by atoms with Crippen LogP contribution in [0.15, 0.2) is 53.4 Å². The average Bonchev–Trinajstić information content (AvgIpc) is 3.66. The van der Waals surface area contributed by atoms with Crippen LogP contribution >= 0.6 is 0 Å². The highest BCUT2D eigenvalue weighted by molar-refractivity contribution is 7.92. The van der Waals surface area contributed by atoms with E-state index in [-0.39, 0.29) is 10.8 Å². The molecule has 0 atom stereocenters. The molecule has 0 unspecified atom stereocenters. The van der Waals surface area contributed by atoms with E-state index in [1.165, 1.54) is 37.7 Å². The molecule has 1 amide bonds. The highest BCUT2D eigenvalue weighted by atomic mass is 32.2. The smallest absolute Gasteiger partial charge is 0.475 e. The second kappa shape index (κ2) is 10.9. The number of anilines is 1. The molecule has 11 heteroatoms. The molecule has 2 aliphatic rings. The van der Waals surface area contributed by atoms with E-state index in [1.807, 2.05) is 24.3 Å². The molecule has 4 rings (SSSR count). The summed E-state index contributed by atoms with van der Waals surface area (Å²) in [5.74, 6) is -2.19. The first kappa shape index (κ1) is 27.5. The quantitative estimate of drug-likeness (QED) is 0.493.